The normalized spacial score (nSPS) is 11.5. The first-order valence-electron chi connectivity index (χ1n) is 9.32. The molecule has 1 amide bonds. The van der Waals surface area contributed by atoms with Crippen molar-refractivity contribution in [1.82, 2.24) is 20.1 Å². The molecule has 0 aliphatic rings. The van der Waals surface area contributed by atoms with Crippen LogP contribution in [0.3, 0.4) is 0 Å². The second-order valence-electron chi connectivity index (χ2n) is 7.45. The van der Waals surface area contributed by atoms with Gasteiger partial charge in [0.15, 0.2) is 11.0 Å². The van der Waals surface area contributed by atoms with E-state index in [1.807, 2.05) is 0 Å². The summed E-state index contributed by atoms with van der Waals surface area (Å²) in [6.07, 6.45) is 0. The first-order chi connectivity index (χ1) is 14.7. The van der Waals surface area contributed by atoms with E-state index in [9.17, 15) is 9.18 Å². The molecule has 0 aliphatic carbocycles. The largest absolute Gasteiger partial charge is 0.348 e. The minimum atomic E-state index is -0.722. The fourth-order valence-electron chi connectivity index (χ4n) is 2.60. The molecule has 3 aromatic rings. The molecular weight excluding hydrogens is 482 g/mol. The number of halogens is 4. The number of nitrogens with zero attached hydrogens (tertiary/aromatic N) is 3. The quantitative estimate of drug-likeness (QED) is 0.309. The molecular formula is C21H20Cl3FN4OS. The summed E-state index contributed by atoms with van der Waals surface area (Å²) in [7, 11) is 0. The third-order valence-corrected chi connectivity index (χ3v) is 6.71. The van der Waals surface area contributed by atoms with Gasteiger partial charge in [0.05, 0.1) is 22.7 Å². The highest BCUT2D eigenvalue weighted by Gasteiger charge is 2.27. The summed E-state index contributed by atoms with van der Waals surface area (Å²) in [6.45, 7) is 3.65. The molecule has 1 aromatic heterocycles. The van der Waals surface area contributed by atoms with Crippen LogP contribution in [0.2, 0.25) is 10.0 Å². The zero-order valence-corrected chi connectivity index (χ0v) is 19.9. The Morgan fingerprint density at radius 1 is 1.16 bits per heavy atom. The topological polar surface area (TPSA) is 59.8 Å². The smallest absolute Gasteiger partial charge is 0.227 e. The number of carbonyl (C=O) groups excluding carboxylic acids is 1. The molecule has 3 rings (SSSR count). The summed E-state index contributed by atoms with van der Waals surface area (Å²) < 4.78 is 14.9. The maximum Gasteiger partial charge on any atom is 0.227 e. The first-order valence-corrected chi connectivity index (χ1v) is 11.6. The van der Waals surface area contributed by atoms with Gasteiger partial charge in [0.1, 0.15) is 5.82 Å². The van der Waals surface area contributed by atoms with Crippen LogP contribution < -0.4 is 5.32 Å². The number of nitrogens with one attached hydrogen (secondary N) is 1. The zero-order valence-electron chi connectivity index (χ0n) is 16.8. The summed E-state index contributed by atoms with van der Waals surface area (Å²) in [6, 6.07) is 11.3. The SMILES string of the molecule is CC(C)(CCl)C(=O)NCc1nnc(SCc2ccc(F)cc2)n1-c1cc(Cl)ccc1Cl. The zero-order chi connectivity index (χ0) is 22.6. The van der Waals surface area contributed by atoms with Crippen LogP contribution in [-0.4, -0.2) is 26.6 Å². The van der Waals surface area contributed by atoms with Gasteiger partial charge in [-0.2, -0.15) is 0 Å². The van der Waals surface area contributed by atoms with Crippen molar-refractivity contribution in [1.29, 1.82) is 0 Å². The molecule has 0 unspecified atom stereocenters. The van der Waals surface area contributed by atoms with Crippen LogP contribution in [0.1, 0.15) is 25.2 Å². The predicted octanol–water partition coefficient (Wildman–Crippen LogP) is 5.89. The monoisotopic (exact) mass is 500 g/mol. The molecule has 1 heterocycles. The van der Waals surface area contributed by atoms with Crippen molar-refractivity contribution in [2.45, 2.75) is 31.3 Å². The third kappa shape index (κ3) is 5.92. The minimum absolute atomic E-state index is 0.131. The molecule has 1 N–H and O–H groups in total. The number of aromatic nitrogens is 3. The van der Waals surface area contributed by atoms with E-state index in [2.05, 4.69) is 15.5 Å². The third-order valence-electron chi connectivity index (χ3n) is 4.49. The Labute approximate surface area is 199 Å². The number of carbonyl (C=O) groups is 1. The van der Waals surface area contributed by atoms with Crippen LogP contribution in [-0.2, 0) is 17.1 Å². The van der Waals surface area contributed by atoms with Crippen LogP contribution in [0.15, 0.2) is 47.6 Å². The fraction of sp³-hybridized carbons (Fsp3) is 0.286. The average molecular weight is 502 g/mol. The number of rotatable bonds is 8. The van der Waals surface area contributed by atoms with Crippen LogP contribution in [0.25, 0.3) is 5.69 Å². The van der Waals surface area contributed by atoms with Crippen molar-refractivity contribution in [2.75, 3.05) is 5.88 Å². The molecule has 0 spiro atoms. The van der Waals surface area contributed by atoms with Crippen molar-refractivity contribution in [3.63, 3.8) is 0 Å². The van der Waals surface area contributed by atoms with Gasteiger partial charge in [-0.25, -0.2) is 4.39 Å². The van der Waals surface area contributed by atoms with Crippen molar-refractivity contribution >= 4 is 52.5 Å². The van der Waals surface area contributed by atoms with Gasteiger partial charge in [-0.15, -0.1) is 21.8 Å². The Hall–Kier alpha value is -1.80. The van der Waals surface area contributed by atoms with Gasteiger partial charge in [0.2, 0.25) is 5.91 Å². The average Bonchev–Trinajstić information content (AvgIpc) is 3.15. The van der Waals surface area contributed by atoms with E-state index in [-0.39, 0.29) is 24.1 Å². The van der Waals surface area contributed by atoms with Gasteiger partial charge in [0, 0.05) is 16.7 Å². The highest BCUT2D eigenvalue weighted by atomic mass is 35.5. The molecule has 0 atom stereocenters. The van der Waals surface area contributed by atoms with Crippen molar-refractivity contribution < 1.29 is 9.18 Å². The molecule has 0 aliphatic heterocycles. The van der Waals surface area contributed by atoms with Crippen LogP contribution in [0.5, 0.6) is 0 Å². The molecule has 164 valence electrons. The van der Waals surface area contributed by atoms with Gasteiger partial charge < -0.3 is 5.32 Å². The van der Waals surface area contributed by atoms with E-state index < -0.39 is 5.41 Å². The fourth-order valence-corrected chi connectivity index (χ4v) is 4.00. The Morgan fingerprint density at radius 2 is 1.87 bits per heavy atom. The van der Waals surface area contributed by atoms with Crippen molar-refractivity contribution in [3.8, 4) is 5.69 Å². The maximum absolute atomic E-state index is 13.2. The predicted molar refractivity (Wildman–Crippen MR) is 124 cm³/mol. The lowest BCUT2D eigenvalue weighted by molar-refractivity contribution is -0.128. The van der Waals surface area contributed by atoms with Gasteiger partial charge in [-0.1, -0.05) is 47.1 Å². The Morgan fingerprint density at radius 3 is 2.55 bits per heavy atom. The van der Waals surface area contributed by atoms with Gasteiger partial charge in [-0.05, 0) is 49.7 Å². The second kappa shape index (κ2) is 10.2. The van der Waals surface area contributed by atoms with Gasteiger partial charge in [0.25, 0.3) is 0 Å². The maximum atomic E-state index is 13.2. The van der Waals surface area contributed by atoms with E-state index in [0.29, 0.717) is 32.5 Å². The minimum Gasteiger partial charge on any atom is -0.348 e. The van der Waals surface area contributed by atoms with E-state index in [4.69, 9.17) is 34.8 Å². The van der Waals surface area contributed by atoms with Gasteiger partial charge in [-0.3, -0.25) is 9.36 Å². The van der Waals surface area contributed by atoms with Crippen LogP contribution in [0.4, 0.5) is 4.39 Å². The standard InChI is InChI=1S/C21H20Cl3FN4OS/c1-21(2,12-22)19(30)26-10-18-27-28-20(31-11-13-3-6-15(25)7-4-13)29(18)17-9-14(23)5-8-16(17)24/h3-9H,10-12H2,1-2H3,(H,26,30). The molecule has 2 aromatic carbocycles. The lowest BCUT2D eigenvalue weighted by Crippen LogP contribution is -2.38. The van der Waals surface area contributed by atoms with E-state index in [0.717, 1.165) is 5.56 Å². The van der Waals surface area contributed by atoms with Gasteiger partial charge >= 0.3 is 0 Å². The Balaban J connectivity index is 1.91. The van der Waals surface area contributed by atoms with Crippen LogP contribution >= 0.6 is 46.6 Å². The summed E-state index contributed by atoms with van der Waals surface area (Å²) in [5.74, 6) is 0.729. The van der Waals surface area contributed by atoms with Crippen LogP contribution in [0, 0.1) is 11.2 Å². The summed E-state index contributed by atoms with van der Waals surface area (Å²) in [4.78, 5) is 12.4. The van der Waals surface area contributed by atoms with Crippen molar-refractivity contribution in [2.24, 2.45) is 5.41 Å². The van der Waals surface area contributed by atoms with E-state index in [1.54, 1.807) is 48.7 Å². The number of alkyl halides is 1. The molecule has 0 radical (unpaired) electrons. The summed E-state index contributed by atoms with van der Waals surface area (Å²) in [5.41, 5.74) is 0.804. The number of benzene rings is 2. The molecule has 0 bridgehead atoms. The summed E-state index contributed by atoms with van der Waals surface area (Å²) in [5, 5.41) is 12.9. The Kier molecular flexibility index (Phi) is 7.86. The van der Waals surface area contributed by atoms with Crippen molar-refractivity contribution in [3.05, 3.63) is 69.7 Å². The highest BCUT2D eigenvalue weighted by Crippen LogP contribution is 2.31. The van der Waals surface area contributed by atoms with E-state index in [1.165, 1.54) is 23.9 Å². The summed E-state index contributed by atoms with van der Waals surface area (Å²) >= 11 is 19.9. The number of thioether (sulfide) groups is 1. The highest BCUT2D eigenvalue weighted by molar-refractivity contribution is 7.98. The lowest BCUT2D eigenvalue weighted by atomic mass is 9.95. The van der Waals surface area contributed by atoms with E-state index >= 15 is 0 Å². The second-order valence-corrected chi connectivity index (χ2v) is 9.50. The molecule has 0 fully saturated rings. The molecule has 0 saturated carbocycles. The first kappa shape index (κ1) is 23.9. The molecule has 31 heavy (non-hydrogen) atoms. The number of hydrogen-bond donors (Lipinski definition) is 1. The molecule has 0 saturated heterocycles. The lowest BCUT2D eigenvalue weighted by Gasteiger charge is -2.20. The number of hydrogen-bond acceptors (Lipinski definition) is 4. The molecule has 5 nitrogen and oxygen atoms in total. The Bertz CT molecular complexity index is 1070. The molecule has 10 heteroatoms. The number of amides is 1.